The molecule has 8 heteroatoms. The second-order valence-corrected chi connectivity index (χ2v) is 7.43. The Balaban J connectivity index is 1.61. The van der Waals surface area contributed by atoms with Crippen molar-refractivity contribution in [3.8, 4) is 5.75 Å². The average molecular weight is 435 g/mol. The largest absolute Gasteiger partial charge is 0.497 e. The maximum Gasteiger partial charge on any atom is 0.289 e. The lowest BCUT2D eigenvalue weighted by Crippen LogP contribution is -2.39. The fraction of sp³-hybridized carbons (Fsp3) is 0.208. The molecule has 0 radical (unpaired) electrons. The smallest absolute Gasteiger partial charge is 0.289 e. The summed E-state index contributed by atoms with van der Waals surface area (Å²) in [4.78, 5) is 26.9. The minimum absolute atomic E-state index is 0.150. The zero-order chi connectivity index (χ0) is 22.7. The van der Waals surface area contributed by atoms with Crippen LogP contribution >= 0.6 is 0 Å². The van der Waals surface area contributed by atoms with E-state index in [-0.39, 0.29) is 24.0 Å². The molecule has 4 rings (SSSR count). The molecule has 3 aromatic rings. The SMILES string of the molecule is COc1cccc(C2=NN(C(=O)CN(C)C(=O)c3ccco3)[C@@H](c3ccc(F)cc3)C2)c1. The van der Waals surface area contributed by atoms with Gasteiger partial charge in [0.1, 0.15) is 18.1 Å². The van der Waals surface area contributed by atoms with Crippen LogP contribution in [0.1, 0.15) is 34.1 Å². The van der Waals surface area contributed by atoms with Crippen molar-refractivity contribution < 1.29 is 23.1 Å². The number of nitrogens with zero attached hydrogens (tertiary/aromatic N) is 3. The zero-order valence-electron chi connectivity index (χ0n) is 17.7. The van der Waals surface area contributed by atoms with Gasteiger partial charge in [-0.1, -0.05) is 24.3 Å². The molecule has 1 aromatic heterocycles. The van der Waals surface area contributed by atoms with Gasteiger partial charge in [0, 0.05) is 19.0 Å². The van der Waals surface area contributed by atoms with Crippen LogP contribution in [0.15, 0.2) is 76.4 Å². The van der Waals surface area contributed by atoms with Gasteiger partial charge in [-0.15, -0.1) is 0 Å². The molecular weight excluding hydrogens is 413 g/mol. The molecule has 32 heavy (non-hydrogen) atoms. The van der Waals surface area contributed by atoms with Crippen LogP contribution in [0, 0.1) is 5.82 Å². The summed E-state index contributed by atoms with van der Waals surface area (Å²) in [5.41, 5.74) is 2.28. The van der Waals surface area contributed by atoms with Crippen LogP contribution in [0.3, 0.4) is 0 Å². The monoisotopic (exact) mass is 435 g/mol. The van der Waals surface area contributed by atoms with E-state index in [1.807, 2.05) is 24.3 Å². The van der Waals surface area contributed by atoms with Gasteiger partial charge in [0.2, 0.25) is 0 Å². The minimum atomic E-state index is -0.420. The molecule has 7 nitrogen and oxygen atoms in total. The van der Waals surface area contributed by atoms with Crippen molar-refractivity contribution in [3.63, 3.8) is 0 Å². The first-order valence-electron chi connectivity index (χ1n) is 10.0. The van der Waals surface area contributed by atoms with Crippen molar-refractivity contribution in [2.75, 3.05) is 20.7 Å². The Hall–Kier alpha value is -3.94. The maximum atomic E-state index is 13.5. The van der Waals surface area contributed by atoms with E-state index in [1.54, 1.807) is 31.4 Å². The number of likely N-dealkylation sites (N-methyl/N-ethyl adjacent to an activating group) is 1. The minimum Gasteiger partial charge on any atom is -0.497 e. The molecule has 0 N–H and O–H groups in total. The third kappa shape index (κ3) is 4.39. The van der Waals surface area contributed by atoms with Crippen LogP contribution in [-0.2, 0) is 4.79 Å². The van der Waals surface area contributed by atoms with Gasteiger partial charge in [0.05, 0.1) is 25.1 Å². The van der Waals surface area contributed by atoms with Gasteiger partial charge in [-0.25, -0.2) is 9.40 Å². The lowest BCUT2D eigenvalue weighted by Gasteiger charge is -2.24. The van der Waals surface area contributed by atoms with Crippen molar-refractivity contribution >= 4 is 17.5 Å². The molecule has 164 valence electrons. The van der Waals surface area contributed by atoms with Gasteiger partial charge in [-0.3, -0.25) is 9.59 Å². The topological polar surface area (TPSA) is 75.3 Å². The molecule has 0 unspecified atom stereocenters. The Bertz CT molecular complexity index is 1140. The Morgan fingerprint density at radius 2 is 1.97 bits per heavy atom. The van der Waals surface area contributed by atoms with E-state index in [2.05, 4.69) is 5.10 Å². The second-order valence-electron chi connectivity index (χ2n) is 7.43. The summed E-state index contributed by atoms with van der Waals surface area (Å²) in [6, 6.07) is 16.1. The van der Waals surface area contributed by atoms with Gasteiger partial charge >= 0.3 is 0 Å². The van der Waals surface area contributed by atoms with Crippen molar-refractivity contribution in [2.45, 2.75) is 12.5 Å². The molecule has 1 aliphatic rings. The molecule has 1 atom stereocenters. The number of furan rings is 1. The number of amides is 2. The summed E-state index contributed by atoms with van der Waals surface area (Å²) in [6.45, 7) is -0.188. The quantitative estimate of drug-likeness (QED) is 0.589. The average Bonchev–Trinajstić information content (AvgIpc) is 3.50. The van der Waals surface area contributed by atoms with Crippen molar-refractivity contribution in [3.05, 3.63) is 89.6 Å². The van der Waals surface area contributed by atoms with E-state index >= 15 is 0 Å². The van der Waals surface area contributed by atoms with Crippen LogP contribution < -0.4 is 4.74 Å². The number of carbonyl (C=O) groups is 2. The molecule has 0 spiro atoms. The van der Waals surface area contributed by atoms with E-state index in [4.69, 9.17) is 9.15 Å². The molecule has 0 aliphatic carbocycles. The number of ether oxygens (including phenoxy) is 1. The van der Waals surface area contributed by atoms with Crippen LogP contribution in [0.25, 0.3) is 0 Å². The molecule has 0 bridgehead atoms. The first-order chi connectivity index (χ1) is 15.5. The predicted octanol–water partition coefficient (Wildman–Crippen LogP) is 3.88. The number of methoxy groups -OCH3 is 1. The number of hydrazone groups is 1. The number of benzene rings is 2. The summed E-state index contributed by atoms with van der Waals surface area (Å²) in [5, 5.41) is 5.95. The van der Waals surface area contributed by atoms with Gasteiger partial charge in [-0.05, 0) is 42.0 Å². The number of halogens is 1. The Morgan fingerprint density at radius 3 is 2.66 bits per heavy atom. The molecule has 0 saturated carbocycles. The second kappa shape index (κ2) is 9.05. The number of carbonyl (C=O) groups excluding carboxylic acids is 2. The summed E-state index contributed by atoms with van der Waals surface area (Å²) in [5.74, 6) is -0.297. The van der Waals surface area contributed by atoms with Crippen molar-refractivity contribution in [2.24, 2.45) is 5.10 Å². The number of hydrogen-bond donors (Lipinski definition) is 0. The van der Waals surface area contributed by atoms with E-state index < -0.39 is 11.9 Å². The number of hydrogen-bond acceptors (Lipinski definition) is 5. The molecule has 0 saturated heterocycles. The van der Waals surface area contributed by atoms with Crippen molar-refractivity contribution in [1.29, 1.82) is 0 Å². The maximum absolute atomic E-state index is 13.5. The number of rotatable bonds is 6. The van der Waals surface area contributed by atoms with Gasteiger partial charge < -0.3 is 14.1 Å². The van der Waals surface area contributed by atoms with E-state index in [0.717, 1.165) is 11.1 Å². The summed E-state index contributed by atoms with van der Waals surface area (Å²) >= 11 is 0. The first kappa shape index (κ1) is 21.3. The highest BCUT2D eigenvalue weighted by Gasteiger charge is 2.34. The van der Waals surface area contributed by atoms with E-state index in [1.165, 1.54) is 35.4 Å². The Morgan fingerprint density at radius 1 is 1.19 bits per heavy atom. The van der Waals surface area contributed by atoms with Crippen LogP contribution in [0.4, 0.5) is 4.39 Å². The fourth-order valence-corrected chi connectivity index (χ4v) is 3.60. The van der Waals surface area contributed by atoms with Crippen LogP contribution in [0.5, 0.6) is 5.75 Å². The molecule has 0 fully saturated rings. The van der Waals surface area contributed by atoms with E-state index in [9.17, 15) is 14.0 Å². The van der Waals surface area contributed by atoms with Crippen LogP contribution in [-0.4, -0.2) is 48.1 Å². The lowest BCUT2D eigenvalue weighted by molar-refractivity contribution is -0.133. The highest BCUT2D eigenvalue weighted by atomic mass is 19.1. The third-order valence-electron chi connectivity index (χ3n) is 5.27. The van der Waals surface area contributed by atoms with Crippen LogP contribution in [0.2, 0.25) is 0 Å². The molecular formula is C24H22FN3O4. The standard InChI is InChI=1S/C24H22FN3O4/c1-27(24(30)22-7-4-12-32-22)15-23(29)28-21(16-8-10-18(25)11-9-16)14-20(26-28)17-5-3-6-19(13-17)31-2/h3-13,21H,14-15H2,1-2H3/t21-/m1/s1. The summed E-state index contributed by atoms with van der Waals surface area (Å²) < 4.78 is 23.9. The Kier molecular flexibility index (Phi) is 6.02. The normalized spacial score (nSPS) is 15.4. The highest BCUT2D eigenvalue weighted by molar-refractivity contribution is 6.04. The zero-order valence-corrected chi connectivity index (χ0v) is 17.7. The third-order valence-corrected chi connectivity index (χ3v) is 5.27. The van der Waals surface area contributed by atoms with Crippen molar-refractivity contribution in [1.82, 2.24) is 9.91 Å². The lowest BCUT2D eigenvalue weighted by atomic mass is 9.98. The summed E-state index contributed by atoms with van der Waals surface area (Å²) in [7, 11) is 3.11. The van der Waals surface area contributed by atoms with E-state index in [0.29, 0.717) is 17.9 Å². The molecule has 2 amide bonds. The van der Waals surface area contributed by atoms with Gasteiger partial charge in [0.15, 0.2) is 5.76 Å². The molecule has 2 heterocycles. The fourth-order valence-electron chi connectivity index (χ4n) is 3.60. The Labute approximate surface area is 184 Å². The highest BCUT2D eigenvalue weighted by Crippen LogP contribution is 2.33. The van der Waals surface area contributed by atoms with Gasteiger partial charge in [-0.2, -0.15) is 5.10 Å². The summed E-state index contributed by atoms with van der Waals surface area (Å²) in [6.07, 6.45) is 1.85. The first-order valence-corrected chi connectivity index (χ1v) is 10.0. The predicted molar refractivity (Wildman–Crippen MR) is 116 cm³/mol. The molecule has 1 aliphatic heterocycles. The van der Waals surface area contributed by atoms with Gasteiger partial charge in [0.25, 0.3) is 11.8 Å². The molecule has 2 aromatic carbocycles.